The fourth-order valence-electron chi connectivity index (χ4n) is 3.94. The van der Waals surface area contributed by atoms with E-state index in [1.54, 1.807) is 6.20 Å². The Morgan fingerprint density at radius 1 is 1.12 bits per heavy atom. The fraction of sp³-hybridized carbons (Fsp3) is 0.458. The van der Waals surface area contributed by atoms with Crippen molar-refractivity contribution in [1.82, 2.24) is 30.4 Å². The molecule has 32 heavy (non-hydrogen) atoms. The molecule has 0 amide bonds. The molecule has 0 radical (unpaired) electrons. The van der Waals surface area contributed by atoms with Gasteiger partial charge in [0, 0.05) is 63.3 Å². The standard InChI is InChI=1S/C24H33N7O/c1-17-22(21-7-10-27-31(21)3)29-24(30-23(17)28-20-8-13-32-14-9-20)19-6-4-5-18(15-19)16-26-12-11-25-2/h4-7,10,15,20,25-26H,8-9,11-14,16H2,1-3H3,(H,28,29,30). The number of aromatic nitrogens is 4. The van der Waals surface area contributed by atoms with Gasteiger partial charge in [-0.15, -0.1) is 0 Å². The lowest BCUT2D eigenvalue weighted by molar-refractivity contribution is 0.0904. The third-order valence-electron chi connectivity index (χ3n) is 5.84. The van der Waals surface area contributed by atoms with Gasteiger partial charge in [-0.25, -0.2) is 9.97 Å². The van der Waals surface area contributed by atoms with Crippen LogP contribution in [0.4, 0.5) is 5.82 Å². The summed E-state index contributed by atoms with van der Waals surface area (Å²) in [6.45, 7) is 6.32. The van der Waals surface area contributed by atoms with Gasteiger partial charge in [0.1, 0.15) is 5.82 Å². The van der Waals surface area contributed by atoms with Crippen LogP contribution in [0.1, 0.15) is 24.0 Å². The number of nitrogens with one attached hydrogen (secondary N) is 3. The van der Waals surface area contributed by atoms with Crippen molar-refractivity contribution in [1.29, 1.82) is 0 Å². The van der Waals surface area contributed by atoms with Gasteiger partial charge in [0.15, 0.2) is 5.82 Å². The van der Waals surface area contributed by atoms with Crippen LogP contribution in [-0.2, 0) is 18.3 Å². The van der Waals surface area contributed by atoms with Gasteiger partial charge in [-0.1, -0.05) is 18.2 Å². The number of hydrogen-bond acceptors (Lipinski definition) is 7. The average molecular weight is 436 g/mol. The van der Waals surface area contributed by atoms with Crippen LogP contribution in [0.5, 0.6) is 0 Å². The quantitative estimate of drug-likeness (QED) is 0.445. The van der Waals surface area contributed by atoms with E-state index in [9.17, 15) is 0 Å². The molecule has 1 saturated heterocycles. The van der Waals surface area contributed by atoms with E-state index in [1.165, 1.54) is 5.56 Å². The zero-order chi connectivity index (χ0) is 22.3. The molecule has 1 aromatic carbocycles. The molecule has 0 atom stereocenters. The second-order valence-corrected chi connectivity index (χ2v) is 8.22. The second-order valence-electron chi connectivity index (χ2n) is 8.22. The highest BCUT2D eigenvalue weighted by molar-refractivity contribution is 5.70. The molecule has 0 spiro atoms. The zero-order valence-corrected chi connectivity index (χ0v) is 19.2. The first-order valence-electron chi connectivity index (χ1n) is 11.3. The maximum absolute atomic E-state index is 5.53. The first kappa shape index (κ1) is 22.4. The fourth-order valence-corrected chi connectivity index (χ4v) is 3.94. The van der Waals surface area contributed by atoms with Gasteiger partial charge in [-0.3, -0.25) is 4.68 Å². The lowest BCUT2D eigenvalue weighted by Crippen LogP contribution is -2.28. The van der Waals surface area contributed by atoms with Crippen LogP contribution in [0, 0.1) is 6.92 Å². The first-order valence-corrected chi connectivity index (χ1v) is 11.3. The number of hydrogen-bond donors (Lipinski definition) is 3. The summed E-state index contributed by atoms with van der Waals surface area (Å²) in [5.74, 6) is 1.61. The molecule has 0 saturated carbocycles. The van der Waals surface area contributed by atoms with Gasteiger partial charge in [0.25, 0.3) is 0 Å². The molecule has 3 aromatic rings. The largest absolute Gasteiger partial charge is 0.381 e. The summed E-state index contributed by atoms with van der Waals surface area (Å²) in [5, 5.41) is 14.6. The smallest absolute Gasteiger partial charge is 0.162 e. The minimum Gasteiger partial charge on any atom is -0.381 e. The minimum absolute atomic E-state index is 0.354. The lowest BCUT2D eigenvalue weighted by atomic mass is 10.1. The number of aryl methyl sites for hydroxylation is 1. The molecule has 1 aliphatic rings. The maximum atomic E-state index is 5.53. The van der Waals surface area contributed by atoms with Crippen LogP contribution >= 0.6 is 0 Å². The van der Waals surface area contributed by atoms with Crippen LogP contribution in [0.15, 0.2) is 36.5 Å². The van der Waals surface area contributed by atoms with Gasteiger partial charge < -0.3 is 20.7 Å². The van der Waals surface area contributed by atoms with Crippen molar-refractivity contribution in [2.24, 2.45) is 7.05 Å². The van der Waals surface area contributed by atoms with Crippen molar-refractivity contribution in [3.63, 3.8) is 0 Å². The van der Waals surface area contributed by atoms with E-state index in [2.05, 4.69) is 52.2 Å². The van der Waals surface area contributed by atoms with E-state index in [1.807, 2.05) is 24.8 Å². The molecule has 3 N–H and O–H groups in total. The van der Waals surface area contributed by atoms with Crippen LogP contribution in [0.3, 0.4) is 0 Å². The van der Waals surface area contributed by atoms with Crippen molar-refractivity contribution in [2.45, 2.75) is 32.4 Å². The first-order chi connectivity index (χ1) is 15.7. The van der Waals surface area contributed by atoms with Crippen LogP contribution < -0.4 is 16.0 Å². The summed E-state index contributed by atoms with van der Waals surface area (Å²) in [5.41, 5.74) is 5.14. The van der Waals surface area contributed by atoms with Gasteiger partial charge in [0.05, 0.1) is 11.4 Å². The Hall–Kier alpha value is -2.81. The van der Waals surface area contributed by atoms with E-state index in [4.69, 9.17) is 14.7 Å². The molecular formula is C24H33N7O. The van der Waals surface area contributed by atoms with E-state index < -0.39 is 0 Å². The van der Waals surface area contributed by atoms with Crippen molar-refractivity contribution >= 4 is 5.82 Å². The Bertz CT molecular complexity index is 1030. The molecule has 0 aliphatic carbocycles. The van der Waals surface area contributed by atoms with E-state index in [-0.39, 0.29) is 0 Å². The summed E-state index contributed by atoms with van der Waals surface area (Å²) in [7, 11) is 3.91. The molecule has 8 heteroatoms. The maximum Gasteiger partial charge on any atom is 0.162 e. The monoisotopic (exact) mass is 435 g/mol. The van der Waals surface area contributed by atoms with Gasteiger partial charge >= 0.3 is 0 Å². The predicted molar refractivity (Wildman–Crippen MR) is 128 cm³/mol. The average Bonchev–Trinajstić information content (AvgIpc) is 3.24. The molecule has 2 aromatic heterocycles. The van der Waals surface area contributed by atoms with Crippen LogP contribution in [0.2, 0.25) is 0 Å². The topological polar surface area (TPSA) is 88.9 Å². The number of nitrogens with zero attached hydrogens (tertiary/aromatic N) is 4. The molecule has 170 valence electrons. The highest BCUT2D eigenvalue weighted by atomic mass is 16.5. The number of benzene rings is 1. The number of likely N-dealkylation sites (N-methyl/N-ethyl adjacent to an activating group) is 1. The van der Waals surface area contributed by atoms with Crippen molar-refractivity contribution < 1.29 is 4.74 Å². The third kappa shape index (κ3) is 5.32. The zero-order valence-electron chi connectivity index (χ0n) is 19.2. The van der Waals surface area contributed by atoms with Gasteiger partial charge in [-0.2, -0.15) is 5.10 Å². The number of ether oxygens (including phenoxy) is 1. The Morgan fingerprint density at radius 2 is 1.97 bits per heavy atom. The van der Waals surface area contributed by atoms with Gasteiger partial charge in [-0.05, 0) is 44.5 Å². The van der Waals surface area contributed by atoms with E-state index >= 15 is 0 Å². The Balaban J connectivity index is 1.68. The molecule has 0 bridgehead atoms. The molecule has 1 fully saturated rings. The van der Waals surface area contributed by atoms with Crippen molar-refractivity contribution in [3.05, 3.63) is 47.7 Å². The van der Waals surface area contributed by atoms with Crippen LogP contribution in [-0.4, -0.2) is 59.1 Å². The summed E-state index contributed by atoms with van der Waals surface area (Å²) in [6.07, 6.45) is 3.76. The molecule has 4 rings (SSSR count). The molecule has 1 aliphatic heterocycles. The van der Waals surface area contributed by atoms with E-state index in [0.717, 1.165) is 79.8 Å². The number of rotatable bonds is 9. The Morgan fingerprint density at radius 3 is 2.72 bits per heavy atom. The highest BCUT2D eigenvalue weighted by Gasteiger charge is 2.20. The van der Waals surface area contributed by atoms with E-state index in [0.29, 0.717) is 6.04 Å². The molecule has 8 nitrogen and oxygen atoms in total. The minimum atomic E-state index is 0.354. The second kappa shape index (κ2) is 10.7. The Labute approximate surface area is 189 Å². The summed E-state index contributed by atoms with van der Waals surface area (Å²) < 4.78 is 7.39. The highest BCUT2D eigenvalue weighted by Crippen LogP contribution is 2.30. The van der Waals surface area contributed by atoms with Crippen molar-refractivity contribution in [3.8, 4) is 22.8 Å². The normalized spacial score (nSPS) is 14.6. The molecule has 3 heterocycles. The SMILES string of the molecule is CNCCNCc1cccc(-c2nc(NC3CCOCC3)c(C)c(-c3ccnn3C)n2)c1. The number of anilines is 1. The Kier molecular flexibility index (Phi) is 7.47. The summed E-state index contributed by atoms with van der Waals surface area (Å²) in [6, 6.07) is 10.8. The third-order valence-corrected chi connectivity index (χ3v) is 5.84. The summed E-state index contributed by atoms with van der Waals surface area (Å²) >= 11 is 0. The van der Waals surface area contributed by atoms with Gasteiger partial charge in [0.2, 0.25) is 0 Å². The summed E-state index contributed by atoms with van der Waals surface area (Å²) in [4.78, 5) is 9.95. The molecular weight excluding hydrogens is 402 g/mol. The van der Waals surface area contributed by atoms with Crippen molar-refractivity contribution in [2.75, 3.05) is 38.7 Å². The van der Waals surface area contributed by atoms with Crippen LogP contribution in [0.25, 0.3) is 22.8 Å². The molecule has 0 unspecified atom stereocenters. The lowest BCUT2D eigenvalue weighted by Gasteiger charge is -2.25. The predicted octanol–water partition coefficient (Wildman–Crippen LogP) is 2.75.